The van der Waals surface area contributed by atoms with Crippen molar-refractivity contribution in [2.24, 2.45) is 5.73 Å². The third-order valence-corrected chi connectivity index (χ3v) is 5.01. The van der Waals surface area contributed by atoms with Crippen LogP contribution in [0.25, 0.3) is 0 Å². The van der Waals surface area contributed by atoms with Crippen LogP contribution in [0.3, 0.4) is 0 Å². The number of nitrogen functional groups attached to an aromatic ring is 1. The first-order valence-corrected chi connectivity index (χ1v) is 10.4. The van der Waals surface area contributed by atoms with Crippen LogP contribution in [0.15, 0.2) is 104 Å². The second-order valence-electron chi connectivity index (χ2n) is 7.85. The predicted octanol–water partition coefficient (Wildman–Crippen LogP) is 5.90. The molecule has 0 aliphatic rings. The zero-order valence-electron chi connectivity index (χ0n) is 18.5. The van der Waals surface area contributed by atoms with Gasteiger partial charge in [0.25, 0.3) is 0 Å². The Hall–Kier alpha value is -3.53. The summed E-state index contributed by atoms with van der Waals surface area (Å²) in [6.45, 7) is 19.2. The summed E-state index contributed by atoms with van der Waals surface area (Å²) in [5.41, 5.74) is 11.6. The standard InChI is InChI=1S/C27H34N4/c1-6-25(18-20(2)3)30-21(4)12-13-22(5)31(19-23-10-8-7-9-11-23)26-16-14-24(15-17-26)27(28)29/h6-11,14-17,25,30H,1-2,4-5,12-13,18-19H2,3H3,(H3,28,29). The quantitative estimate of drug-likeness (QED) is 0.217. The summed E-state index contributed by atoms with van der Waals surface area (Å²) in [5, 5.41) is 11.1. The van der Waals surface area contributed by atoms with Crippen molar-refractivity contribution in [1.82, 2.24) is 5.32 Å². The number of hydrogen-bond donors (Lipinski definition) is 3. The lowest BCUT2D eigenvalue weighted by atomic mass is 10.1. The number of rotatable bonds is 13. The number of amidine groups is 1. The van der Waals surface area contributed by atoms with E-state index in [9.17, 15) is 0 Å². The van der Waals surface area contributed by atoms with Crippen LogP contribution in [-0.2, 0) is 6.54 Å². The molecule has 0 fully saturated rings. The van der Waals surface area contributed by atoms with Gasteiger partial charge in [0.05, 0.1) is 0 Å². The number of nitrogens with one attached hydrogen (secondary N) is 2. The van der Waals surface area contributed by atoms with E-state index in [0.29, 0.717) is 12.1 Å². The molecule has 1 atom stereocenters. The molecule has 0 saturated heterocycles. The molecule has 0 aromatic heterocycles. The van der Waals surface area contributed by atoms with E-state index in [2.05, 4.69) is 48.7 Å². The molecule has 4 heteroatoms. The molecule has 0 spiro atoms. The monoisotopic (exact) mass is 414 g/mol. The minimum Gasteiger partial charge on any atom is -0.384 e. The summed E-state index contributed by atoms with van der Waals surface area (Å²) in [6.07, 6.45) is 4.28. The van der Waals surface area contributed by atoms with E-state index < -0.39 is 0 Å². The molecule has 2 rings (SSSR count). The van der Waals surface area contributed by atoms with E-state index in [-0.39, 0.29) is 11.9 Å². The van der Waals surface area contributed by atoms with Crippen molar-refractivity contribution in [1.29, 1.82) is 5.41 Å². The van der Waals surface area contributed by atoms with E-state index in [0.717, 1.165) is 41.9 Å². The van der Waals surface area contributed by atoms with Gasteiger partial charge in [-0.2, -0.15) is 0 Å². The fourth-order valence-electron chi connectivity index (χ4n) is 3.31. The van der Waals surface area contributed by atoms with Crippen molar-refractivity contribution in [3.8, 4) is 0 Å². The van der Waals surface area contributed by atoms with E-state index in [1.165, 1.54) is 5.56 Å². The molecule has 31 heavy (non-hydrogen) atoms. The van der Waals surface area contributed by atoms with Crippen molar-refractivity contribution >= 4 is 11.5 Å². The Kier molecular flexibility index (Phi) is 8.89. The van der Waals surface area contributed by atoms with E-state index in [1.807, 2.05) is 55.5 Å². The van der Waals surface area contributed by atoms with Gasteiger partial charge in [0.2, 0.25) is 0 Å². The number of nitrogens with zero attached hydrogens (tertiary/aromatic N) is 1. The van der Waals surface area contributed by atoms with Gasteiger partial charge in [0, 0.05) is 35.2 Å². The normalized spacial score (nSPS) is 11.3. The summed E-state index contributed by atoms with van der Waals surface area (Å²) in [5.74, 6) is 0.0638. The third kappa shape index (κ3) is 7.67. The average Bonchev–Trinajstić information content (AvgIpc) is 2.75. The van der Waals surface area contributed by atoms with Gasteiger partial charge >= 0.3 is 0 Å². The van der Waals surface area contributed by atoms with Gasteiger partial charge in [-0.3, -0.25) is 5.41 Å². The topological polar surface area (TPSA) is 65.1 Å². The van der Waals surface area contributed by atoms with Crippen LogP contribution in [0, 0.1) is 5.41 Å². The molecule has 0 aliphatic heterocycles. The third-order valence-electron chi connectivity index (χ3n) is 5.01. The first kappa shape index (κ1) is 23.7. The summed E-state index contributed by atoms with van der Waals surface area (Å²) in [4.78, 5) is 2.20. The van der Waals surface area contributed by atoms with Gasteiger partial charge in [0.1, 0.15) is 5.84 Å². The fourth-order valence-corrected chi connectivity index (χ4v) is 3.31. The molecule has 4 N–H and O–H groups in total. The highest BCUT2D eigenvalue weighted by molar-refractivity contribution is 5.95. The maximum Gasteiger partial charge on any atom is 0.122 e. The van der Waals surface area contributed by atoms with Crippen LogP contribution in [0.4, 0.5) is 5.69 Å². The lowest BCUT2D eigenvalue weighted by Crippen LogP contribution is -2.27. The molecule has 0 amide bonds. The predicted molar refractivity (Wildman–Crippen MR) is 134 cm³/mol. The zero-order valence-corrected chi connectivity index (χ0v) is 18.5. The number of benzene rings is 2. The van der Waals surface area contributed by atoms with Crippen molar-refractivity contribution in [3.05, 3.63) is 115 Å². The van der Waals surface area contributed by atoms with E-state index >= 15 is 0 Å². The van der Waals surface area contributed by atoms with Gasteiger partial charge < -0.3 is 16.0 Å². The molecule has 1 unspecified atom stereocenters. The van der Waals surface area contributed by atoms with Gasteiger partial charge in [-0.15, -0.1) is 13.2 Å². The lowest BCUT2D eigenvalue weighted by molar-refractivity contribution is 0.636. The Morgan fingerprint density at radius 1 is 1.06 bits per heavy atom. The molecule has 0 heterocycles. The molecular formula is C27H34N4. The maximum absolute atomic E-state index is 7.62. The highest BCUT2D eigenvalue weighted by Gasteiger charge is 2.13. The molecule has 2 aromatic rings. The number of nitrogens with two attached hydrogens (primary N) is 1. The summed E-state index contributed by atoms with van der Waals surface area (Å²) in [7, 11) is 0. The van der Waals surface area contributed by atoms with Crippen molar-refractivity contribution in [2.75, 3.05) is 4.90 Å². The van der Waals surface area contributed by atoms with Crippen LogP contribution in [0.1, 0.15) is 37.3 Å². The lowest BCUT2D eigenvalue weighted by Gasteiger charge is -2.28. The molecule has 4 nitrogen and oxygen atoms in total. The number of hydrogen-bond acceptors (Lipinski definition) is 3. The second-order valence-corrected chi connectivity index (χ2v) is 7.85. The number of allylic oxidation sites excluding steroid dienone is 2. The Morgan fingerprint density at radius 3 is 2.26 bits per heavy atom. The molecule has 0 aliphatic carbocycles. The minimum atomic E-state index is 0.0638. The van der Waals surface area contributed by atoms with E-state index in [1.54, 1.807) is 0 Å². The molecule has 0 saturated carbocycles. The van der Waals surface area contributed by atoms with Crippen LogP contribution in [0.2, 0.25) is 0 Å². The Morgan fingerprint density at radius 2 is 1.71 bits per heavy atom. The zero-order chi connectivity index (χ0) is 22.8. The molecular weight excluding hydrogens is 380 g/mol. The summed E-state index contributed by atoms with van der Waals surface area (Å²) in [6, 6.07) is 18.2. The smallest absolute Gasteiger partial charge is 0.122 e. The largest absolute Gasteiger partial charge is 0.384 e. The summed E-state index contributed by atoms with van der Waals surface area (Å²) < 4.78 is 0. The fraction of sp³-hybridized carbons (Fsp3) is 0.222. The van der Waals surface area contributed by atoms with Crippen LogP contribution in [0.5, 0.6) is 0 Å². The van der Waals surface area contributed by atoms with Crippen molar-refractivity contribution in [3.63, 3.8) is 0 Å². The Labute approximate surface area is 187 Å². The molecule has 0 radical (unpaired) electrons. The van der Waals surface area contributed by atoms with Crippen LogP contribution in [-0.4, -0.2) is 11.9 Å². The highest BCUT2D eigenvalue weighted by Crippen LogP contribution is 2.25. The number of anilines is 1. The maximum atomic E-state index is 7.62. The average molecular weight is 415 g/mol. The van der Waals surface area contributed by atoms with Crippen LogP contribution >= 0.6 is 0 Å². The van der Waals surface area contributed by atoms with Crippen molar-refractivity contribution < 1.29 is 0 Å². The minimum absolute atomic E-state index is 0.0638. The van der Waals surface area contributed by atoms with E-state index in [4.69, 9.17) is 11.1 Å². The molecule has 162 valence electrons. The van der Waals surface area contributed by atoms with Gasteiger partial charge in [-0.1, -0.05) is 55.1 Å². The molecule has 0 bridgehead atoms. The second kappa shape index (κ2) is 11.6. The first-order chi connectivity index (χ1) is 14.8. The van der Waals surface area contributed by atoms with Crippen LogP contribution < -0.4 is 16.0 Å². The Balaban J connectivity index is 2.10. The van der Waals surface area contributed by atoms with Gasteiger partial charge in [-0.05, 0) is 56.0 Å². The van der Waals surface area contributed by atoms with Crippen molar-refractivity contribution in [2.45, 2.75) is 38.8 Å². The van der Waals surface area contributed by atoms with Gasteiger partial charge in [0.15, 0.2) is 0 Å². The highest BCUT2D eigenvalue weighted by atomic mass is 15.1. The molecule has 2 aromatic carbocycles. The summed E-state index contributed by atoms with van der Waals surface area (Å²) >= 11 is 0. The Bertz CT molecular complexity index is 925. The first-order valence-electron chi connectivity index (χ1n) is 10.4. The SMILES string of the molecule is C=CC(CC(=C)C)NC(=C)CCC(=C)N(Cc1ccccc1)c1ccc(C(=N)N)cc1. The van der Waals surface area contributed by atoms with Gasteiger partial charge in [-0.25, -0.2) is 0 Å².